The van der Waals surface area contributed by atoms with Gasteiger partial charge in [-0.2, -0.15) is 0 Å². The zero-order chi connectivity index (χ0) is 15.4. The molecule has 0 saturated carbocycles. The van der Waals surface area contributed by atoms with Gasteiger partial charge in [0.15, 0.2) is 5.84 Å². The summed E-state index contributed by atoms with van der Waals surface area (Å²) in [4.78, 5) is 14.3. The summed E-state index contributed by atoms with van der Waals surface area (Å²) in [5.74, 6) is 0.586. The van der Waals surface area contributed by atoms with Crippen LogP contribution >= 0.6 is 0 Å². The summed E-state index contributed by atoms with van der Waals surface area (Å²) in [5, 5.41) is 11.6. The molecule has 1 amide bonds. The standard InChI is InChI=1S/C15H21N3O3/c1-10(2)18(8-14(16)17-20)15(19)12-7-11-5-3-4-6-13(11)21-9-12/h3-6,10,12,20H,7-9H2,1-2H3,(H2,16,17). The number of fused-ring (bicyclic) bond motifs is 1. The number of oxime groups is 1. The third-order valence-electron chi connectivity index (χ3n) is 3.60. The summed E-state index contributed by atoms with van der Waals surface area (Å²) in [6, 6.07) is 7.70. The Labute approximate surface area is 124 Å². The molecule has 0 saturated heterocycles. The highest BCUT2D eigenvalue weighted by Gasteiger charge is 2.31. The fraction of sp³-hybridized carbons (Fsp3) is 0.467. The first-order valence-electron chi connectivity index (χ1n) is 7.00. The van der Waals surface area contributed by atoms with Crippen molar-refractivity contribution in [3.05, 3.63) is 29.8 Å². The molecule has 1 heterocycles. The smallest absolute Gasteiger partial charge is 0.230 e. The number of amidine groups is 1. The molecule has 0 fully saturated rings. The van der Waals surface area contributed by atoms with E-state index >= 15 is 0 Å². The first kappa shape index (κ1) is 15.2. The topological polar surface area (TPSA) is 88.1 Å². The Kier molecular flexibility index (Phi) is 4.67. The molecule has 3 N–H and O–H groups in total. The minimum atomic E-state index is -0.242. The van der Waals surface area contributed by atoms with E-state index in [4.69, 9.17) is 15.7 Å². The van der Waals surface area contributed by atoms with Crippen molar-refractivity contribution < 1.29 is 14.7 Å². The highest BCUT2D eigenvalue weighted by Crippen LogP contribution is 2.28. The van der Waals surface area contributed by atoms with Crippen LogP contribution in [0, 0.1) is 5.92 Å². The lowest BCUT2D eigenvalue weighted by atomic mass is 9.95. The van der Waals surface area contributed by atoms with Crippen LogP contribution in [0.1, 0.15) is 19.4 Å². The van der Waals surface area contributed by atoms with E-state index in [1.54, 1.807) is 4.90 Å². The van der Waals surface area contributed by atoms with E-state index in [0.717, 1.165) is 11.3 Å². The average Bonchev–Trinajstić information content (AvgIpc) is 2.50. The van der Waals surface area contributed by atoms with Gasteiger partial charge in [0.25, 0.3) is 0 Å². The molecule has 6 heteroatoms. The van der Waals surface area contributed by atoms with Crippen LogP contribution in [-0.2, 0) is 11.2 Å². The largest absolute Gasteiger partial charge is 0.492 e. The molecule has 0 aliphatic carbocycles. The number of carbonyl (C=O) groups is 1. The molecule has 1 aliphatic rings. The van der Waals surface area contributed by atoms with Crippen molar-refractivity contribution in [1.29, 1.82) is 0 Å². The number of para-hydroxylation sites is 1. The van der Waals surface area contributed by atoms with Gasteiger partial charge in [-0.25, -0.2) is 0 Å². The molecular formula is C15H21N3O3. The highest BCUT2D eigenvalue weighted by atomic mass is 16.5. The van der Waals surface area contributed by atoms with Crippen molar-refractivity contribution in [2.24, 2.45) is 16.8 Å². The second kappa shape index (κ2) is 6.47. The van der Waals surface area contributed by atoms with Gasteiger partial charge in [-0.1, -0.05) is 23.4 Å². The van der Waals surface area contributed by atoms with Crippen LogP contribution in [0.4, 0.5) is 0 Å². The molecule has 0 aromatic heterocycles. The maximum Gasteiger partial charge on any atom is 0.230 e. The average molecular weight is 291 g/mol. The van der Waals surface area contributed by atoms with Gasteiger partial charge >= 0.3 is 0 Å². The second-order valence-electron chi connectivity index (χ2n) is 5.47. The molecule has 1 unspecified atom stereocenters. The van der Waals surface area contributed by atoms with Crippen molar-refractivity contribution in [2.75, 3.05) is 13.2 Å². The number of nitrogens with zero attached hydrogens (tertiary/aromatic N) is 2. The van der Waals surface area contributed by atoms with Crippen LogP contribution in [-0.4, -0.2) is 41.0 Å². The summed E-state index contributed by atoms with van der Waals surface area (Å²) in [7, 11) is 0. The first-order chi connectivity index (χ1) is 10.0. The summed E-state index contributed by atoms with van der Waals surface area (Å²) in [6.07, 6.45) is 0.647. The number of hydrogen-bond acceptors (Lipinski definition) is 4. The number of benzene rings is 1. The number of carbonyl (C=O) groups excluding carboxylic acids is 1. The molecule has 1 atom stereocenters. The van der Waals surface area contributed by atoms with Crippen LogP contribution in [0.2, 0.25) is 0 Å². The van der Waals surface area contributed by atoms with Gasteiger partial charge in [0.2, 0.25) is 5.91 Å². The predicted octanol–water partition coefficient (Wildman–Crippen LogP) is 1.22. The lowest BCUT2D eigenvalue weighted by Gasteiger charge is -2.32. The zero-order valence-corrected chi connectivity index (χ0v) is 12.3. The molecule has 0 spiro atoms. The normalized spacial score (nSPS) is 18.0. The second-order valence-corrected chi connectivity index (χ2v) is 5.47. The van der Waals surface area contributed by atoms with Crippen LogP contribution in [0.3, 0.4) is 0 Å². The molecular weight excluding hydrogens is 270 g/mol. The molecule has 114 valence electrons. The minimum Gasteiger partial charge on any atom is -0.492 e. The number of ether oxygens (including phenoxy) is 1. The zero-order valence-electron chi connectivity index (χ0n) is 12.3. The molecule has 21 heavy (non-hydrogen) atoms. The van der Waals surface area contributed by atoms with Crippen LogP contribution in [0.15, 0.2) is 29.4 Å². The SMILES string of the molecule is CC(C)N(CC(N)=NO)C(=O)C1COc2ccccc2C1. The Morgan fingerprint density at radius 2 is 2.24 bits per heavy atom. The van der Waals surface area contributed by atoms with E-state index in [0.29, 0.717) is 13.0 Å². The van der Waals surface area contributed by atoms with Gasteiger partial charge in [0.05, 0.1) is 12.5 Å². The summed E-state index contributed by atoms with van der Waals surface area (Å²) < 4.78 is 5.66. The minimum absolute atomic E-state index is 0.0224. The Hall–Kier alpha value is -2.24. The van der Waals surface area contributed by atoms with Crippen molar-refractivity contribution in [3.63, 3.8) is 0 Å². The van der Waals surface area contributed by atoms with E-state index in [1.165, 1.54) is 0 Å². The fourth-order valence-corrected chi connectivity index (χ4v) is 2.44. The van der Waals surface area contributed by atoms with Gasteiger partial charge in [-0.3, -0.25) is 4.79 Å². The van der Waals surface area contributed by atoms with Crippen LogP contribution < -0.4 is 10.5 Å². The lowest BCUT2D eigenvalue weighted by Crippen LogP contribution is -2.47. The van der Waals surface area contributed by atoms with E-state index in [1.807, 2.05) is 38.1 Å². The Morgan fingerprint density at radius 3 is 2.90 bits per heavy atom. The van der Waals surface area contributed by atoms with Gasteiger partial charge < -0.3 is 20.6 Å². The van der Waals surface area contributed by atoms with Gasteiger partial charge in [-0.15, -0.1) is 0 Å². The summed E-state index contributed by atoms with van der Waals surface area (Å²) >= 11 is 0. The van der Waals surface area contributed by atoms with E-state index < -0.39 is 0 Å². The summed E-state index contributed by atoms with van der Waals surface area (Å²) in [6.45, 7) is 4.28. The highest BCUT2D eigenvalue weighted by molar-refractivity contribution is 5.88. The lowest BCUT2D eigenvalue weighted by molar-refractivity contribution is -0.137. The monoisotopic (exact) mass is 291 g/mol. The van der Waals surface area contributed by atoms with Gasteiger partial charge in [-0.05, 0) is 31.9 Å². The quantitative estimate of drug-likeness (QED) is 0.378. The predicted molar refractivity (Wildman–Crippen MR) is 79.4 cm³/mol. The fourth-order valence-electron chi connectivity index (χ4n) is 2.44. The number of hydrogen-bond donors (Lipinski definition) is 2. The molecule has 1 aromatic carbocycles. The molecule has 1 aliphatic heterocycles. The summed E-state index contributed by atoms with van der Waals surface area (Å²) in [5.41, 5.74) is 6.57. The Balaban J connectivity index is 2.12. The van der Waals surface area contributed by atoms with E-state index in [-0.39, 0.29) is 30.2 Å². The molecule has 0 bridgehead atoms. The van der Waals surface area contributed by atoms with Crippen molar-refractivity contribution >= 4 is 11.7 Å². The molecule has 6 nitrogen and oxygen atoms in total. The maximum atomic E-state index is 12.7. The molecule has 2 rings (SSSR count). The maximum absolute atomic E-state index is 12.7. The van der Waals surface area contributed by atoms with Crippen LogP contribution in [0.25, 0.3) is 0 Å². The van der Waals surface area contributed by atoms with E-state index in [2.05, 4.69) is 5.16 Å². The molecule has 1 aromatic rings. The van der Waals surface area contributed by atoms with Gasteiger partial charge in [0, 0.05) is 6.04 Å². The first-order valence-corrected chi connectivity index (χ1v) is 7.00. The third kappa shape index (κ3) is 3.45. The van der Waals surface area contributed by atoms with Crippen LogP contribution in [0.5, 0.6) is 5.75 Å². The number of rotatable bonds is 4. The number of amides is 1. The van der Waals surface area contributed by atoms with Crippen molar-refractivity contribution in [3.8, 4) is 5.75 Å². The van der Waals surface area contributed by atoms with Crippen molar-refractivity contribution in [2.45, 2.75) is 26.3 Å². The van der Waals surface area contributed by atoms with E-state index in [9.17, 15) is 4.79 Å². The van der Waals surface area contributed by atoms with Crippen molar-refractivity contribution in [1.82, 2.24) is 4.90 Å². The Bertz CT molecular complexity index is 543. The number of nitrogens with two attached hydrogens (primary N) is 1. The van der Waals surface area contributed by atoms with Gasteiger partial charge in [0.1, 0.15) is 12.4 Å². The third-order valence-corrected chi connectivity index (χ3v) is 3.60. The Morgan fingerprint density at radius 1 is 1.52 bits per heavy atom. The molecule has 0 radical (unpaired) electrons.